The predicted molar refractivity (Wildman–Crippen MR) is 50.4 cm³/mol. The maximum atomic E-state index is 5.04. The molecule has 3 heteroatoms. The van der Waals surface area contributed by atoms with Crippen LogP contribution < -0.4 is 0 Å². The van der Waals surface area contributed by atoms with Crippen molar-refractivity contribution >= 4 is 0 Å². The Labute approximate surface area is 75.3 Å². The zero-order valence-electron chi connectivity index (χ0n) is 8.42. The van der Waals surface area contributed by atoms with E-state index in [0.717, 1.165) is 19.2 Å². The van der Waals surface area contributed by atoms with Gasteiger partial charge in [0.1, 0.15) is 0 Å². The van der Waals surface area contributed by atoms with E-state index in [4.69, 9.17) is 4.74 Å². The summed E-state index contributed by atoms with van der Waals surface area (Å²) in [6.07, 6.45) is 1.30. The van der Waals surface area contributed by atoms with Crippen molar-refractivity contribution < 1.29 is 4.74 Å². The third-order valence-corrected chi connectivity index (χ3v) is 2.59. The van der Waals surface area contributed by atoms with Gasteiger partial charge in [0.05, 0.1) is 6.61 Å². The van der Waals surface area contributed by atoms with Gasteiger partial charge in [-0.15, -0.1) is 0 Å². The fourth-order valence-electron chi connectivity index (χ4n) is 1.66. The van der Waals surface area contributed by atoms with Gasteiger partial charge in [-0.05, 0) is 27.1 Å². The third kappa shape index (κ3) is 2.73. The Morgan fingerprint density at radius 1 is 1.50 bits per heavy atom. The molecule has 0 spiro atoms. The van der Waals surface area contributed by atoms with Crippen molar-refractivity contribution in [2.45, 2.75) is 12.5 Å². The zero-order valence-corrected chi connectivity index (χ0v) is 8.42. The SMILES string of the molecule is COCCN1CC[C@@H](N(C)C)C1. The molecule has 1 rings (SSSR count). The first kappa shape index (κ1) is 9.96. The molecule has 0 aromatic carbocycles. The lowest BCUT2D eigenvalue weighted by atomic mass is 10.2. The minimum Gasteiger partial charge on any atom is -0.383 e. The van der Waals surface area contributed by atoms with Crippen molar-refractivity contribution in [1.82, 2.24) is 9.80 Å². The fourth-order valence-corrected chi connectivity index (χ4v) is 1.66. The summed E-state index contributed by atoms with van der Waals surface area (Å²) >= 11 is 0. The summed E-state index contributed by atoms with van der Waals surface area (Å²) in [6, 6.07) is 0.752. The van der Waals surface area contributed by atoms with Crippen molar-refractivity contribution in [2.24, 2.45) is 0 Å². The summed E-state index contributed by atoms with van der Waals surface area (Å²) in [6.45, 7) is 4.38. The van der Waals surface area contributed by atoms with Crippen LogP contribution >= 0.6 is 0 Å². The van der Waals surface area contributed by atoms with Crippen LogP contribution in [-0.2, 0) is 4.74 Å². The summed E-state index contributed by atoms with van der Waals surface area (Å²) in [7, 11) is 6.08. The van der Waals surface area contributed by atoms with Crippen molar-refractivity contribution in [2.75, 3.05) is 47.4 Å². The molecule has 0 N–H and O–H groups in total. The minimum absolute atomic E-state index is 0.752. The summed E-state index contributed by atoms with van der Waals surface area (Å²) in [4.78, 5) is 4.78. The Morgan fingerprint density at radius 2 is 2.25 bits per heavy atom. The lowest BCUT2D eigenvalue weighted by molar-refractivity contribution is 0.156. The van der Waals surface area contributed by atoms with E-state index in [2.05, 4.69) is 23.9 Å². The molecule has 12 heavy (non-hydrogen) atoms. The second-order valence-corrected chi connectivity index (χ2v) is 3.70. The summed E-state index contributed by atoms with van der Waals surface area (Å²) in [5, 5.41) is 0. The molecule has 0 amide bonds. The maximum Gasteiger partial charge on any atom is 0.0589 e. The van der Waals surface area contributed by atoms with Gasteiger partial charge in [0.15, 0.2) is 0 Å². The van der Waals surface area contributed by atoms with Crippen LogP contribution in [0.1, 0.15) is 6.42 Å². The van der Waals surface area contributed by atoms with Gasteiger partial charge in [-0.3, -0.25) is 4.90 Å². The number of rotatable bonds is 4. The second-order valence-electron chi connectivity index (χ2n) is 3.70. The summed E-state index contributed by atoms with van der Waals surface area (Å²) < 4.78 is 5.04. The van der Waals surface area contributed by atoms with Gasteiger partial charge >= 0.3 is 0 Å². The van der Waals surface area contributed by atoms with Gasteiger partial charge in [-0.1, -0.05) is 0 Å². The Hall–Kier alpha value is -0.120. The van der Waals surface area contributed by atoms with Gasteiger partial charge in [0.25, 0.3) is 0 Å². The van der Waals surface area contributed by atoms with E-state index in [0.29, 0.717) is 0 Å². The molecular formula is C9H20N2O. The standard InChI is InChI=1S/C9H20N2O/c1-10(2)9-4-5-11(8-9)6-7-12-3/h9H,4-8H2,1-3H3/t9-/m1/s1. The average molecular weight is 172 g/mol. The van der Waals surface area contributed by atoms with Crippen molar-refractivity contribution in [3.63, 3.8) is 0 Å². The second kappa shape index (κ2) is 4.80. The van der Waals surface area contributed by atoms with Crippen LogP contribution in [0.4, 0.5) is 0 Å². The number of hydrogen-bond donors (Lipinski definition) is 0. The topological polar surface area (TPSA) is 15.7 Å². The molecule has 1 atom stereocenters. The normalized spacial score (nSPS) is 25.5. The first-order chi connectivity index (χ1) is 5.74. The van der Waals surface area contributed by atoms with Crippen LogP contribution in [0.3, 0.4) is 0 Å². The van der Waals surface area contributed by atoms with Gasteiger partial charge in [-0.2, -0.15) is 0 Å². The lowest BCUT2D eigenvalue weighted by Crippen LogP contribution is -2.32. The Morgan fingerprint density at radius 3 is 2.75 bits per heavy atom. The zero-order chi connectivity index (χ0) is 8.97. The van der Waals surface area contributed by atoms with Crippen LogP contribution in [0.15, 0.2) is 0 Å². The fraction of sp³-hybridized carbons (Fsp3) is 1.00. The molecule has 1 aliphatic heterocycles. The molecule has 3 nitrogen and oxygen atoms in total. The highest BCUT2D eigenvalue weighted by molar-refractivity contribution is 4.80. The van der Waals surface area contributed by atoms with Crippen LogP contribution in [0.2, 0.25) is 0 Å². The predicted octanol–water partition coefficient (Wildman–Crippen LogP) is 0.269. The number of methoxy groups -OCH3 is 1. The summed E-state index contributed by atoms with van der Waals surface area (Å²) in [5.41, 5.74) is 0. The van der Waals surface area contributed by atoms with Crippen molar-refractivity contribution in [3.8, 4) is 0 Å². The number of ether oxygens (including phenoxy) is 1. The molecule has 72 valence electrons. The number of likely N-dealkylation sites (tertiary alicyclic amines) is 1. The molecule has 1 heterocycles. The number of likely N-dealkylation sites (N-methyl/N-ethyl adjacent to an activating group) is 1. The van der Waals surface area contributed by atoms with Crippen molar-refractivity contribution in [3.05, 3.63) is 0 Å². The molecular weight excluding hydrogens is 152 g/mol. The highest BCUT2D eigenvalue weighted by Crippen LogP contribution is 2.12. The van der Waals surface area contributed by atoms with Gasteiger partial charge in [-0.25, -0.2) is 0 Å². The molecule has 0 unspecified atom stereocenters. The highest BCUT2D eigenvalue weighted by atomic mass is 16.5. The molecule has 0 saturated carbocycles. The van der Waals surface area contributed by atoms with E-state index in [1.165, 1.54) is 19.5 Å². The molecule has 0 bridgehead atoms. The monoisotopic (exact) mass is 172 g/mol. The molecule has 0 aromatic heterocycles. The Bertz CT molecular complexity index is 128. The van der Waals surface area contributed by atoms with E-state index in [-0.39, 0.29) is 0 Å². The highest BCUT2D eigenvalue weighted by Gasteiger charge is 2.22. The van der Waals surface area contributed by atoms with E-state index < -0.39 is 0 Å². The number of nitrogens with zero attached hydrogens (tertiary/aromatic N) is 2. The quantitative estimate of drug-likeness (QED) is 0.605. The smallest absolute Gasteiger partial charge is 0.0589 e. The van der Waals surface area contributed by atoms with Gasteiger partial charge in [0, 0.05) is 26.2 Å². The van der Waals surface area contributed by atoms with Gasteiger partial charge < -0.3 is 9.64 Å². The van der Waals surface area contributed by atoms with E-state index in [1.54, 1.807) is 7.11 Å². The lowest BCUT2D eigenvalue weighted by Gasteiger charge is -2.19. The van der Waals surface area contributed by atoms with Crippen LogP contribution in [0, 0.1) is 0 Å². The first-order valence-electron chi connectivity index (χ1n) is 4.61. The van der Waals surface area contributed by atoms with E-state index in [1.807, 2.05) is 0 Å². The number of hydrogen-bond acceptors (Lipinski definition) is 3. The maximum absolute atomic E-state index is 5.04. The Kier molecular flexibility index (Phi) is 3.98. The first-order valence-corrected chi connectivity index (χ1v) is 4.61. The summed E-state index contributed by atoms with van der Waals surface area (Å²) in [5.74, 6) is 0. The minimum atomic E-state index is 0.752. The Balaban J connectivity index is 2.17. The van der Waals surface area contributed by atoms with Crippen LogP contribution in [0.5, 0.6) is 0 Å². The van der Waals surface area contributed by atoms with Gasteiger partial charge in [0.2, 0.25) is 0 Å². The third-order valence-electron chi connectivity index (χ3n) is 2.59. The van der Waals surface area contributed by atoms with E-state index in [9.17, 15) is 0 Å². The molecule has 0 radical (unpaired) electrons. The average Bonchev–Trinajstić information content (AvgIpc) is 2.48. The van der Waals surface area contributed by atoms with Crippen LogP contribution in [-0.4, -0.2) is 63.3 Å². The molecule has 1 fully saturated rings. The molecule has 1 saturated heterocycles. The van der Waals surface area contributed by atoms with E-state index >= 15 is 0 Å². The molecule has 0 aliphatic carbocycles. The molecule has 0 aromatic rings. The molecule has 1 aliphatic rings. The van der Waals surface area contributed by atoms with Crippen LogP contribution in [0.25, 0.3) is 0 Å². The largest absolute Gasteiger partial charge is 0.383 e. The van der Waals surface area contributed by atoms with Crippen molar-refractivity contribution in [1.29, 1.82) is 0 Å².